The third-order valence-electron chi connectivity index (χ3n) is 6.27. The van der Waals surface area contributed by atoms with Crippen molar-refractivity contribution in [2.45, 2.75) is 36.6 Å². The lowest BCUT2D eigenvalue weighted by Crippen LogP contribution is -2.56. The molecule has 4 atom stereocenters. The summed E-state index contributed by atoms with van der Waals surface area (Å²) < 4.78 is 11.9. The second kappa shape index (κ2) is 8.39. The van der Waals surface area contributed by atoms with Gasteiger partial charge in [-0.2, -0.15) is 5.26 Å². The number of rotatable bonds is 5. The molecule has 2 heterocycles. The lowest BCUT2D eigenvalue weighted by Gasteiger charge is -2.40. The molecule has 2 aliphatic rings. The van der Waals surface area contributed by atoms with Gasteiger partial charge in [0.25, 0.3) is 0 Å². The van der Waals surface area contributed by atoms with Gasteiger partial charge in [-0.05, 0) is 30.6 Å². The normalized spacial score (nSPS) is 28.0. The molecule has 4 rings (SSSR count). The van der Waals surface area contributed by atoms with E-state index in [0.717, 1.165) is 5.56 Å². The first-order valence-electron chi connectivity index (χ1n) is 10.3. The number of carbonyl (C=O) groups is 1. The molecule has 0 radical (unpaired) electrons. The molecule has 1 fully saturated rings. The standard InChI is InChI=1S/C25H22ClN3O4/c1-3-16(13-27)10-9-15(2)25-19(17-7-5-4-6-8-17)12-21(32-23(28)30)24(25,31)22-20(33-25)11-18(26)14-29-22/h3-11,14,19,21,31H,2,12H2,1H3,(H2,28,30)/b10-9-,16-3+/t19-,21+,24+,25-/m0/s1. The van der Waals surface area contributed by atoms with E-state index >= 15 is 0 Å². The number of halogens is 1. The zero-order chi connectivity index (χ0) is 23.8. The van der Waals surface area contributed by atoms with Crippen LogP contribution in [0, 0.1) is 11.3 Å². The highest BCUT2D eigenvalue weighted by molar-refractivity contribution is 6.30. The van der Waals surface area contributed by atoms with Crippen molar-refractivity contribution in [1.29, 1.82) is 5.26 Å². The second-order valence-electron chi connectivity index (χ2n) is 7.94. The third kappa shape index (κ3) is 3.39. The average molecular weight is 464 g/mol. The van der Waals surface area contributed by atoms with E-state index in [0.29, 0.717) is 16.2 Å². The van der Waals surface area contributed by atoms with Crippen molar-refractivity contribution in [3.05, 3.63) is 94.8 Å². The minimum atomic E-state index is -1.91. The molecule has 1 amide bonds. The monoisotopic (exact) mass is 463 g/mol. The van der Waals surface area contributed by atoms with Gasteiger partial charge in [0.2, 0.25) is 0 Å². The van der Waals surface area contributed by atoms with E-state index in [4.69, 9.17) is 26.8 Å². The van der Waals surface area contributed by atoms with Crippen molar-refractivity contribution in [2.75, 3.05) is 0 Å². The Bertz CT molecular complexity index is 1220. The molecule has 168 valence electrons. The summed E-state index contributed by atoms with van der Waals surface area (Å²) in [5, 5.41) is 21.9. The predicted octanol–water partition coefficient (Wildman–Crippen LogP) is 4.29. The minimum absolute atomic E-state index is 0.178. The van der Waals surface area contributed by atoms with Crippen LogP contribution in [0.2, 0.25) is 5.02 Å². The number of amides is 1. The van der Waals surface area contributed by atoms with Gasteiger partial charge in [-0.15, -0.1) is 0 Å². The molecule has 33 heavy (non-hydrogen) atoms. The molecule has 8 heteroatoms. The zero-order valence-corrected chi connectivity index (χ0v) is 18.6. The Morgan fingerprint density at radius 3 is 2.79 bits per heavy atom. The molecule has 0 saturated heterocycles. The van der Waals surface area contributed by atoms with Crippen LogP contribution in [0.4, 0.5) is 4.79 Å². The molecule has 3 N–H and O–H groups in total. The molecule has 1 aromatic heterocycles. The number of hydrogen-bond acceptors (Lipinski definition) is 6. The Kier molecular flexibility index (Phi) is 5.75. The molecule has 1 aliphatic carbocycles. The highest BCUT2D eigenvalue weighted by Gasteiger charge is 2.75. The van der Waals surface area contributed by atoms with E-state index < -0.39 is 29.3 Å². The molecule has 1 aromatic carbocycles. The number of hydrogen-bond donors (Lipinski definition) is 2. The van der Waals surface area contributed by atoms with Gasteiger partial charge in [0.15, 0.2) is 11.2 Å². The van der Waals surface area contributed by atoms with E-state index in [2.05, 4.69) is 17.6 Å². The van der Waals surface area contributed by atoms with Gasteiger partial charge in [0.1, 0.15) is 17.5 Å². The SMILES string of the molecule is C=C(/C=C\C(C#N)=C/C)[C@@]12Oc3cc(Cl)cnc3[C@]1(O)[C@H](OC(N)=O)C[C@H]2c1ccccc1. The van der Waals surface area contributed by atoms with Crippen LogP contribution in [0.3, 0.4) is 0 Å². The van der Waals surface area contributed by atoms with Crippen LogP contribution in [0.25, 0.3) is 0 Å². The van der Waals surface area contributed by atoms with Crippen molar-refractivity contribution in [3.63, 3.8) is 0 Å². The van der Waals surface area contributed by atoms with Crippen LogP contribution >= 0.6 is 11.6 Å². The number of aliphatic hydroxyl groups is 1. The van der Waals surface area contributed by atoms with Gasteiger partial charge < -0.3 is 20.3 Å². The van der Waals surface area contributed by atoms with Gasteiger partial charge in [-0.25, -0.2) is 4.79 Å². The summed E-state index contributed by atoms with van der Waals surface area (Å²) in [7, 11) is 0. The first kappa shape index (κ1) is 22.6. The Hall–Kier alpha value is -3.60. The lowest BCUT2D eigenvalue weighted by molar-refractivity contribution is -0.128. The fraction of sp³-hybridized carbons (Fsp3) is 0.240. The third-order valence-corrected chi connectivity index (χ3v) is 6.47. The van der Waals surface area contributed by atoms with E-state index in [1.807, 2.05) is 30.3 Å². The van der Waals surface area contributed by atoms with E-state index in [9.17, 15) is 15.2 Å². The van der Waals surface area contributed by atoms with Crippen LogP contribution in [0.1, 0.15) is 30.5 Å². The number of fused-ring (bicyclic) bond motifs is 3. The van der Waals surface area contributed by atoms with Crippen molar-refractivity contribution >= 4 is 17.7 Å². The van der Waals surface area contributed by atoms with Gasteiger partial charge in [-0.3, -0.25) is 4.98 Å². The maximum Gasteiger partial charge on any atom is 0.404 e. The quantitative estimate of drug-likeness (QED) is 0.504. The molecule has 0 spiro atoms. The second-order valence-corrected chi connectivity index (χ2v) is 8.38. The van der Waals surface area contributed by atoms with E-state index in [1.165, 1.54) is 6.20 Å². The van der Waals surface area contributed by atoms with Crippen molar-refractivity contribution in [1.82, 2.24) is 4.98 Å². The Morgan fingerprint density at radius 2 is 2.15 bits per heavy atom. The van der Waals surface area contributed by atoms with Crippen molar-refractivity contribution < 1.29 is 19.4 Å². The Balaban J connectivity index is 1.96. The lowest BCUT2D eigenvalue weighted by atomic mass is 9.72. The summed E-state index contributed by atoms with van der Waals surface area (Å²) in [6.07, 6.45) is 4.36. The Labute approximate surface area is 196 Å². The van der Waals surface area contributed by atoms with Crippen LogP contribution in [-0.2, 0) is 10.3 Å². The van der Waals surface area contributed by atoms with Crippen LogP contribution in [0.5, 0.6) is 5.75 Å². The van der Waals surface area contributed by atoms with Crippen molar-refractivity contribution in [3.8, 4) is 11.8 Å². The predicted molar refractivity (Wildman–Crippen MR) is 122 cm³/mol. The highest BCUT2D eigenvalue weighted by Crippen LogP contribution is 2.65. The van der Waals surface area contributed by atoms with Gasteiger partial charge in [-0.1, -0.05) is 60.7 Å². The Morgan fingerprint density at radius 1 is 1.42 bits per heavy atom. The molecule has 0 bridgehead atoms. The molecule has 7 nitrogen and oxygen atoms in total. The summed E-state index contributed by atoms with van der Waals surface area (Å²) in [5.41, 5.74) is 3.75. The van der Waals surface area contributed by atoms with Gasteiger partial charge >= 0.3 is 6.09 Å². The summed E-state index contributed by atoms with van der Waals surface area (Å²) in [5.74, 6) is -0.237. The maximum absolute atomic E-state index is 12.3. The number of nitrogens with zero attached hydrogens (tertiary/aromatic N) is 2. The molecule has 1 saturated carbocycles. The summed E-state index contributed by atoms with van der Waals surface area (Å²) in [6, 6.07) is 13.0. The number of allylic oxidation sites excluding steroid dienone is 3. The first-order valence-corrected chi connectivity index (χ1v) is 10.7. The number of ether oxygens (including phenoxy) is 2. The summed E-state index contributed by atoms with van der Waals surface area (Å²) in [4.78, 5) is 16.1. The number of nitriles is 1. The summed E-state index contributed by atoms with van der Waals surface area (Å²) in [6.45, 7) is 5.95. The fourth-order valence-electron chi connectivity index (χ4n) is 4.87. The van der Waals surface area contributed by atoms with Gasteiger partial charge in [0, 0.05) is 23.8 Å². The molecule has 0 unspecified atom stereocenters. The number of nitrogens with two attached hydrogens (primary N) is 1. The number of carbonyl (C=O) groups excluding carboxylic acids is 1. The van der Waals surface area contributed by atoms with Crippen LogP contribution in [-0.4, -0.2) is 27.9 Å². The van der Waals surface area contributed by atoms with Crippen LogP contribution in [0.15, 0.2) is 78.5 Å². The fourth-order valence-corrected chi connectivity index (χ4v) is 5.01. The van der Waals surface area contributed by atoms with Crippen LogP contribution < -0.4 is 10.5 Å². The number of primary amides is 1. The zero-order valence-electron chi connectivity index (χ0n) is 17.9. The first-order chi connectivity index (χ1) is 15.8. The average Bonchev–Trinajstić information content (AvgIpc) is 3.20. The van der Waals surface area contributed by atoms with Gasteiger partial charge in [0.05, 0.1) is 11.1 Å². The molecule has 2 aromatic rings. The van der Waals surface area contributed by atoms with Crippen molar-refractivity contribution in [2.24, 2.45) is 5.73 Å². The topological polar surface area (TPSA) is 118 Å². The highest BCUT2D eigenvalue weighted by atomic mass is 35.5. The maximum atomic E-state index is 12.3. The largest absolute Gasteiger partial charge is 0.476 e. The minimum Gasteiger partial charge on any atom is -0.476 e. The number of aromatic nitrogens is 1. The van der Waals surface area contributed by atoms with E-state index in [-0.39, 0.29) is 17.9 Å². The molecule has 1 aliphatic heterocycles. The number of benzene rings is 1. The smallest absolute Gasteiger partial charge is 0.404 e. The molecular formula is C25H22ClN3O4. The summed E-state index contributed by atoms with van der Waals surface area (Å²) >= 11 is 6.16. The van der Waals surface area contributed by atoms with E-state index in [1.54, 1.807) is 31.2 Å². The number of pyridine rings is 1. The molecular weight excluding hydrogens is 442 g/mol.